The lowest BCUT2D eigenvalue weighted by Crippen LogP contribution is -2.37. The average Bonchev–Trinajstić information content (AvgIpc) is 3.28. The molecule has 1 fully saturated rings. The molecule has 0 amide bonds. The molecule has 1 unspecified atom stereocenters. The lowest BCUT2D eigenvalue weighted by molar-refractivity contribution is 0.0859. The molecule has 4 rings (SSSR count). The number of ether oxygens (including phenoxy) is 2. The Labute approximate surface area is 153 Å². The lowest BCUT2D eigenvalue weighted by atomic mass is 9.99. The number of nitrogens with one attached hydrogen (secondary N) is 1. The second-order valence-corrected chi connectivity index (χ2v) is 6.82. The molecule has 26 heavy (non-hydrogen) atoms. The summed E-state index contributed by atoms with van der Waals surface area (Å²) >= 11 is 0. The summed E-state index contributed by atoms with van der Waals surface area (Å²) in [7, 11) is 1.94. The van der Waals surface area contributed by atoms with Gasteiger partial charge in [-0.2, -0.15) is 5.10 Å². The number of aromatic nitrogens is 2. The molecular weight excluding hydrogens is 330 g/mol. The minimum atomic E-state index is 0.0304. The van der Waals surface area contributed by atoms with Crippen LogP contribution in [0.1, 0.15) is 36.2 Å². The van der Waals surface area contributed by atoms with E-state index in [2.05, 4.69) is 21.5 Å². The van der Waals surface area contributed by atoms with Gasteiger partial charge in [0.05, 0.1) is 18.3 Å². The van der Waals surface area contributed by atoms with Crippen LogP contribution in [0, 0.1) is 5.92 Å². The Hall–Kier alpha value is -2.54. The molecular formula is C19H25N5O2. The van der Waals surface area contributed by atoms with E-state index in [4.69, 9.17) is 15.2 Å². The summed E-state index contributed by atoms with van der Waals surface area (Å²) in [6.07, 6.45) is 3.68. The van der Waals surface area contributed by atoms with E-state index < -0.39 is 0 Å². The predicted molar refractivity (Wildman–Crippen MR) is 98.9 cm³/mol. The van der Waals surface area contributed by atoms with Crippen molar-refractivity contribution < 1.29 is 9.47 Å². The van der Waals surface area contributed by atoms with Gasteiger partial charge in [-0.25, -0.2) is 0 Å². The van der Waals surface area contributed by atoms with Gasteiger partial charge in [0, 0.05) is 44.3 Å². The smallest absolute Gasteiger partial charge is 0.189 e. The topological polar surface area (TPSA) is 86.7 Å². The van der Waals surface area contributed by atoms with Crippen LogP contribution in [0.2, 0.25) is 0 Å². The van der Waals surface area contributed by atoms with Crippen molar-refractivity contribution >= 4 is 5.96 Å². The maximum Gasteiger partial charge on any atom is 0.189 e. The van der Waals surface area contributed by atoms with Gasteiger partial charge in [0.2, 0.25) is 0 Å². The van der Waals surface area contributed by atoms with Crippen LogP contribution in [-0.4, -0.2) is 35.5 Å². The summed E-state index contributed by atoms with van der Waals surface area (Å²) in [5.74, 6) is 1.71. The van der Waals surface area contributed by atoms with Crippen LogP contribution < -0.4 is 15.8 Å². The first-order valence-corrected chi connectivity index (χ1v) is 9.10. The van der Waals surface area contributed by atoms with Gasteiger partial charge in [0.1, 0.15) is 11.9 Å². The van der Waals surface area contributed by atoms with Crippen LogP contribution in [-0.2, 0) is 11.8 Å². The number of fused-ring (bicyclic) bond motifs is 1. The first kappa shape index (κ1) is 16.9. The van der Waals surface area contributed by atoms with E-state index in [0.29, 0.717) is 25.0 Å². The molecule has 138 valence electrons. The van der Waals surface area contributed by atoms with Crippen LogP contribution in [0.3, 0.4) is 0 Å². The molecule has 3 atom stereocenters. The zero-order valence-electron chi connectivity index (χ0n) is 15.0. The van der Waals surface area contributed by atoms with Crippen LogP contribution >= 0.6 is 0 Å². The largest absolute Gasteiger partial charge is 0.493 e. The van der Waals surface area contributed by atoms with Crippen molar-refractivity contribution in [2.75, 3.05) is 19.8 Å². The molecule has 7 nitrogen and oxygen atoms in total. The number of hydrogen-bond acceptors (Lipinski definition) is 4. The van der Waals surface area contributed by atoms with E-state index in [0.717, 1.165) is 36.5 Å². The van der Waals surface area contributed by atoms with Crippen molar-refractivity contribution in [3.63, 3.8) is 0 Å². The summed E-state index contributed by atoms with van der Waals surface area (Å²) in [5.41, 5.74) is 8.40. The van der Waals surface area contributed by atoms with Gasteiger partial charge in [-0.1, -0.05) is 18.2 Å². The fraction of sp³-hybridized carbons (Fsp3) is 0.474. The summed E-state index contributed by atoms with van der Waals surface area (Å²) in [6.45, 7) is 2.07. The fourth-order valence-electron chi connectivity index (χ4n) is 3.74. The van der Waals surface area contributed by atoms with E-state index >= 15 is 0 Å². The number of aryl methyl sites for hydroxylation is 1. The average molecular weight is 355 g/mol. The molecule has 2 aliphatic heterocycles. The van der Waals surface area contributed by atoms with Crippen LogP contribution in [0.25, 0.3) is 0 Å². The molecule has 3 N–H and O–H groups in total. The Balaban J connectivity index is 1.41. The number of para-hydroxylation sites is 1. The Kier molecular flexibility index (Phi) is 4.79. The standard InChI is InChI=1S/C19H25N5O2/c1-24-16(6-9-22-24)18-13(7-10-26-18)12-21-19(20)23-15-8-11-25-17-5-3-2-4-14(15)17/h2-6,9,13,15,18H,7-8,10-12H2,1H3,(H3,20,21,23)/t13-,15?,18+/m0/s1. The van der Waals surface area contributed by atoms with Crippen molar-refractivity contribution in [2.45, 2.75) is 25.0 Å². The van der Waals surface area contributed by atoms with Gasteiger partial charge in [-0.3, -0.25) is 9.67 Å². The Morgan fingerprint density at radius 3 is 3.04 bits per heavy atom. The van der Waals surface area contributed by atoms with E-state index in [-0.39, 0.29) is 12.1 Å². The first-order valence-electron chi connectivity index (χ1n) is 9.10. The van der Waals surface area contributed by atoms with E-state index in [9.17, 15) is 0 Å². The second kappa shape index (κ2) is 7.37. The molecule has 2 aromatic rings. The maximum atomic E-state index is 6.17. The quantitative estimate of drug-likeness (QED) is 0.646. The molecule has 1 aromatic heterocycles. The van der Waals surface area contributed by atoms with Gasteiger partial charge < -0.3 is 20.5 Å². The molecule has 0 spiro atoms. The molecule has 1 aromatic carbocycles. The molecule has 2 aliphatic rings. The maximum absolute atomic E-state index is 6.17. The minimum Gasteiger partial charge on any atom is -0.493 e. The molecule has 7 heteroatoms. The third kappa shape index (κ3) is 3.39. The van der Waals surface area contributed by atoms with Gasteiger partial charge in [-0.05, 0) is 18.6 Å². The number of guanidine groups is 1. The van der Waals surface area contributed by atoms with Gasteiger partial charge in [0.15, 0.2) is 5.96 Å². The SMILES string of the molecule is Cn1nccc1[C@@H]1OCC[C@H]1CN=C(N)NC1CCOc2ccccc21. The van der Waals surface area contributed by atoms with Crippen molar-refractivity contribution in [1.82, 2.24) is 15.1 Å². The number of aliphatic imine (C=N–C) groups is 1. The summed E-state index contributed by atoms with van der Waals surface area (Å²) in [5, 5.41) is 7.59. The van der Waals surface area contributed by atoms with E-state index in [1.807, 2.05) is 36.0 Å². The number of benzene rings is 1. The normalized spacial score (nSPS) is 25.6. The van der Waals surface area contributed by atoms with Gasteiger partial charge in [-0.15, -0.1) is 0 Å². The highest BCUT2D eigenvalue weighted by Gasteiger charge is 2.31. The zero-order valence-corrected chi connectivity index (χ0v) is 15.0. The minimum absolute atomic E-state index is 0.0304. The molecule has 0 saturated carbocycles. The summed E-state index contributed by atoms with van der Waals surface area (Å²) in [4.78, 5) is 4.60. The summed E-state index contributed by atoms with van der Waals surface area (Å²) < 4.78 is 13.5. The van der Waals surface area contributed by atoms with Crippen LogP contribution in [0.4, 0.5) is 0 Å². The Bertz CT molecular complexity index is 788. The Morgan fingerprint density at radius 1 is 1.31 bits per heavy atom. The van der Waals surface area contributed by atoms with Crippen LogP contribution in [0.5, 0.6) is 5.75 Å². The highest BCUT2D eigenvalue weighted by molar-refractivity contribution is 5.78. The summed E-state index contributed by atoms with van der Waals surface area (Å²) in [6, 6.07) is 10.2. The highest BCUT2D eigenvalue weighted by Crippen LogP contribution is 2.34. The number of nitrogens with zero attached hydrogens (tertiary/aromatic N) is 3. The van der Waals surface area contributed by atoms with Gasteiger partial charge in [0.25, 0.3) is 0 Å². The molecule has 0 bridgehead atoms. The third-order valence-corrected chi connectivity index (χ3v) is 5.14. The molecule has 1 saturated heterocycles. The first-order chi connectivity index (χ1) is 12.7. The zero-order chi connectivity index (χ0) is 17.9. The van der Waals surface area contributed by atoms with E-state index in [1.165, 1.54) is 0 Å². The lowest BCUT2D eigenvalue weighted by Gasteiger charge is -2.27. The van der Waals surface area contributed by atoms with Crippen molar-refractivity contribution in [3.8, 4) is 5.75 Å². The second-order valence-electron chi connectivity index (χ2n) is 6.82. The van der Waals surface area contributed by atoms with E-state index in [1.54, 1.807) is 6.20 Å². The fourth-order valence-corrected chi connectivity index (χ4v) is 3.74. The van der Waals surface area contributed by atoms with Crippen molar-refractivity contribution in [1.29, 1.82) is 0 Å². The van der Waals surface area contributed by atoms with Crippen molar-refractivity contribution in [2.24, 2.45) is 23.7 Å². The predicted octanol–water partition coefficient (Wildman–Crippen LogP) is 1.93. The monoisotopic (exact) mass is 355 g/mol. The number of hydrogen-bond donors (Lipinski definition) is 2. The van der Waals surface area contributed by atoms with Gasteiger partial charge >= 0.3 is 0 Å². The number of nitrogens with two attached hydrogens (primary N) is 1. The molecule has 0 aliphatic carbocycles. The van der Waals surface area contributed by atoms with Crippen molar-refractivity contribution in [3.05, 3.63) is 47.8 Å². The Morgan fingerprint density at radius 2 is 2.19 bits per heavy atom. The molecule has 3 heterocycles. The number of rotatable bonds is 4. The third-order valence-electron chi connectivity index (χ3n) is 5.14. The van der Waals surface area contributed by atoms with Crippen LogP contribution in [0.15, 0.2) is 41.5 Å². The molecule has 0 radical (unpaired) electrons. The highest BCUT2D eigenvalue weighted by atomic mass is 16.5.